The topological polar surface area (TPSA) is 66.4 Å². The molecule has 2 aromatic rings. The van der Waals surface area contributed by atoms with Gasteiger partial charge in [-0.25, -0.2) is 9.18 Å². The van der Waals surface area contributed by atoms with Gasteiger partial charge < -0.3 is 10.4 Å². The van der Waals surface area contributed by atoms with Crippen molar-refractivity contribution >= 4 is 33.5 Å². The van der Waals surface area contributed by atoms with E-state index in [4.69, 9.17) is 5.11 Å². The van der Waals surface area contributed by atoms with Crippen LogP contribution in [0.2, 0.25) is 0 Å². The zero-order valence-corrected chi connectivity index (χ0v) is 11.6. The number of hydrogen-bond donors (Lipinski definition) is 2. The fourth-order valence-electron chi connectivity index (χ4n) is 1.60. The lowest BCUT2D eigenvalue weighted by atomic mass is 10.1. The minimum atomic E-state index is -1.08. The molecule has 0 bridgehead atoms. The van der Waals surface area contributed by atoms with Gasteiger partial charge in [-0.15, -0.1) is 0 Å². The van der Waals surface area contributed by atoms with Crippen LogP contribution in [0, 0.1) is 5.82 Å². The Hall–Kier alpha value is -2.21. The molecule has 2 rings (SSSR count). The van der Waals surface area contributed by atoms with E-state index in [1.165, 1.54) is 36.4 Å². The molecule has 0 fully saturated rings. The summed E-state index contributed by atoms with van der Waals surface area (Å²) in [4.78, 5) is 22.9. The summed E-state index contributed by atoms with van der Waals surface area (Å²) >= 11 is 3.10. The van der Waals surface area contributed by atoms with Gasteiger partial charge in [0.1, 0.15) is 5.82 Å². The van der Waals surface area contributed by atoms with Crippen molar-refractivity contribution in [1.29, 1.82) is 0 Å². The first-order valence-electron chi connectivity index (χ1n) is 5.57. The molecule has 0 aliphatic carbocycles. The minimum absolute atomic E-state index is 0.0703. The SMILES string of the molecule is O=C(O)c1cccc(NC(=O)c2ccc(F)cc2Br)c1. The highest BCUT2D eigenvalue weighted by molar-refractivity contribution is 9.10. The molecule has 0 heterocycles. The Kier molecular flexibility index (Phi) is 4.14. The van der Waals surface area contributed by atoms with Crippen LogP contribution in [-0.4, -0.2) is 17.0 Å². The maximum Gasteiger partial charge on any atom is 0.335 e. The molecule has 1 amide bonds. The quantitative estimate of drug-likeness (QED) is 0.900. The molecule has 0 aliphatic heterocycles. The number of benzene rings is 2. The molecule has 0 saturated carbocycles. The van der Waals surface area contributed by atoms with Gasteiger partial charge in [0, 0.05) is 10.2 Å². The average Bonchev–Trinajstić information content (AvgIpc) is 2.38. The second-order valence-corrected chi connectivity index (χ2v) is 4.82. The Morgan fingerprint density at radius 2 is 1.90 bits per heavy atom. The highest BCUT2D eigenvalue weighted by atomic mass is 79.9. The van der Waals surface area contributed by atoms with Crippen molar-refractivity contribution in [2.45, 2.75) is 0 Å². The van der Waals surface area contributed by atoms with E-state index in [-0.39, 0.29) is 11.1 Å². The number of carbonyl (C=O) groups is 2. The summed E-state index contributed by atoms with van der Waals surface area (Å²) in [7, 11) is 0. The van der Waals surface area contributed by atoms with E-state index < -0.39 is 17.7 Å². The first kappa shape index (κ1) is 14.2. The van der Waals surface area contributed by atoms with Crippen LogP contribution in [0.5, 0.6) is 0 Å². The summed E-state index contributed by atoms with van der Waals surface area (Å²) < 4.78 is 13.3. The molecule has 102 valence electrons. The van der Waals surface area contributed by atoms with E-state index in [9.17, 15) is 14.0 Å². The maximum atomic E-state index is 13.0. The Morgan fingerprint density at radius 1 is 1.15 bits per heavy atom. The molecule has 0 radical (unpaired) electrons. The van der Waals surface area contributed by atoms with E-state index in [0.717, 1.165) is 0 Å². The summed E-state index contributed by atoms with van der Waals surface area (Å²) in [6, 6.07) is 9.57. The van der Waals surface area contributed by atoms with Crippen LogP contribution in [0.25, 0.3) is 0 Å². The monoisotopic (exact) mass is 337 g/mol. The van der Waals surface area contributed by atoms with Crippen molar-refractivity contribution in [3.05, 3.63) is 63.9 Å². The van der Waals surface area contributed by atoms with Crippen molar-refractivity contribution in [2.24, 2.45) is 0 Å². The van der Waals surface area contributed by atoms with E-state index in [1.54, 1.807) is 6.07 Å². The Balaban J connectivity index is 2.23. The Morgan fingerprint density at radius 3 is 2.55 bits per heavy atom. The number of carboxylic acid groups (broad SMARTS) is 1. The van der Waals surface area contributed by atoms with Crippen LogP contribution in [0.4, 0.5) is 10.1 Å². The van der Waals surface area contributed by atoms with Gasteiger partial charge in [0.15, 0.2) is 0 Å². The lowest BCUT2D eigenvalue weighted by molar-refractivity contribution is 0.0696. The highest BCUT2D eigenvalue weighted by Crippen LogP contribution is 2.20. The number of hydrogen-bond acceptors (Lipinski definition) is 2. The molecule has 0 atom stereocenters. The number of carboxylic acids is 1. The number of amides is 1. The zero-order valence-electron chi connectivity index (χ0n) is 10.1. The van der Waals surface area contributed by atoms with Crippen LogP contribution in [0.1, 0.15) is 20.7 Å². The fourth-order valence-corrected chi connectivity index (χ4v) is 2.13. The molecule has 0 aliphatic rings. The van der Waals surface area contributed by atoms with Gasteiger partial charge in [0.05, 0.1) is 11.1 Å². The molecule has 20 heavy (non-hydrogen) atoms. The van der Waals surface area contributed by atoms with Gasteiger partial charge in [-0.1, -0.05) is 6.07 Å². The van der Waals surface area contributed by atoms with Crippen LogP contribution < -0.4 is 5.32 Å². The highest BCUT2D eigenvalue weighted by Gasteiger charge is 2.12. The van der Waals surface area contributed by atoms with Crippen LogP contribution in [0.3, 0.4) is 0 Å². The summed E-state index contributed by atoms with van der Waals surface area (Å²) in [5.74, 6) is -2.00. The van der Waals surface area contributed by atoms with E-state index >= 15 is 0 Å². The van der Waals surface area contributed by atoms with Gasteiger partial charge in [-0.3, -0.25) is 4.79 Å². The third kappa shape index (κ3) is 3.21. The average molecular weight is 338 g/mol. The third-order valence-electron chi connectivity index (χ3n) is 2.54. The van der Waals surface area contributed by atoms with E-state index in [1.807, 2.05) is 0 Å². The molecule has 0 unspecified atom stereocenters. The Bertz CT molecular complexity index is 688. The first-order valence-corrected chi connectivity index (χ1v) is 6.36. The molecule has 0 aromatic heterocycles. The van der Waals surface area contributed by atoms with Crippen molar-refractivity contribution < 1.29 is 19.1 Å². The minimum Gasteiger partial charge on any atom is -0.478 e. The standard InChI is InChI=1S/C14H9BrFNO3/c15-12-7-9(16)4-5-11(12)13(18)17-10-3-1-2-8(6-10)14(19)20/h1-7H,(H,17,18)(H,19,20). The molecular formula is C14H9BrFNO3. The molecular weight excluding hydrogens is 329 g/mol. The summed E-state index contributed by atoms with van der Waals surface area (Å²) in [6.07, 6.45) is 0. The van der Waals surface area contributed by atoms with E-state index in [0.29, 0.717) is 10.2 Å². The predicted molar refractivity (Wildman–Crippen MR) is 75.5 cm³/mol. The fraction of sp³-hybridized carbons (Fsp3) is 0. The number of nitrogens with one attached hydrogen (secondary N) is 1. The van der Waals surface area contributed by atoms with Gasteiger partial charge in [0.2, 0.25) is 0 Å². The zero-order chi connectivity index (χ0) is 14.7. The van der Waals surface area contributed by atoms with Gasteiger partial charge in [0.25, 0.3) is 5.91 Å². The van der Waals surface area contributed by atoms with Crippen molar-refractivity contribution in [3.63, 3.8) is 0 Å². The summed E-state index contributed by atoms with van der Waals surface area (Å²) in [5.41, 5.74) is 0.680. The molecule has 2 aromatic carbocycles. The molecule has 0 spiro atoms. The molecule has 6 heteroatoms. The lowest BCUT2D eigenvalue weighted by Gasteiger charge is -2.07. The Labute approximate surface area is 122 Å². The molecule has 2 N–H and O–H groups in total. The van der Waals surface area contributed by atoms with Gasteiger partial charge >= 0.3 is 5.97 Å². The predicted octanol–water partition coefficient (Wildman–Crippen LogP) is 3.54. The summed E-state index contributed by atoms with van der Waals surface area (Å²) in [6.45, 7) is 0. The maximum absolute atomic E-state index is 13.0. The van der Waals surface area contributed by atoms with Crippen LogP contribution in [0.15, 0.2) is 46.9 Å². The lowest BCUT2D eigenvalue weighted by Crippen LogP contribution is -2.13. The third-order valence-corrected chi connectivity index (χ3v) is 3.20. The largest absolute Gasteiger partial charge is 0.478 e. The smallest absolute Gasteiger partial charge is 0.335 e. The molecule has 4 nitrogen and oxygen atoms in total. The van der Waals surface area contributed by atoms with Crippen molar-refractivity contribution in [3.8, 4) is 0 Å². The number of anilines is 1. The van der Waals surface area contributed by atoms with Gasteiger partial charge in [-0.05, 0) is 52.3 Å². The second kappa shape index (κ2) is 5.83. The summed E-state index contributed by atoms with van der Waals surface area (Å²) in [5, 5.41) is 11.4. The normalized spacial score (nSPS) is 10.1. The first-order chi connectivity index (χ1) is 9.47. The van der Waals surface area contributed by atoms with Crippen LogP contribution >= 0.6 is 15.9 Å². The van der Waals surface area contributed by atoms with Crippen molar-refractivity contribution in [1.82, 2.24) is 0 Å². The number of aromatic carboxylic acids is 1. The number of halogens is 2. The number of rotatable bonds is 3. The van der Waals surface area contributed by atoms with Gasteiger partial charge in [-0.2, -0.15) is 0 Å². The second-order valence-electron chi connectivity index (χ2n) is 3.96. The van der Waals surface area contributed by atoms with E-state index in [2.05, 4.69) is 21.2 Å². The van der Waals surface area contributed by atoms with Crippen LogP contribution in [-0.2, 0) is 0 Å². The van der Waals surface area contributed by atoms with Crippen molar-refractivity contribution in [2.75, 3.05) is 5.32 Å². The number of carbonyl (C=O) groups excluding carboxylic acids is 1. The molecule has 0 saturated heterocycles.